The van der Waals surface area contributed by atoms with Gasteiger partial charge in [0.2, 0.25) is 0 Å². The molecule has 0 bridgehead atoms. The van der Waals surface area contributed by atoms with E-state index in [1.165, 1.54) is 21.7 Å². The summed E-state index contributed by atoms with van der Waals surface area (Å²) in [4.78, 5) is 0. The van der Waals surface area contributed by atoms with Crippen molar-refractivity contribution in [1.82, 2.24) is 0 Å². The fourth-order valence-corrected chi connectivity index (χ4v) is 7.05. The van der Waals surface area contributed by atoms with E-state index >= 15 is 0 Å². The highest BCUT2D eigenvalue weighted by atomic mass is 31.2. The molecule has 28 heavy (non-hydrogen) atoms. The lowest BCUT2D eigenvalue weighted by Crippen LogP contribution is -2.17. The van der Waals surface area contributed by atoms with E-state index < -0.39 is 7.05 Å². The van der Waals surface area contributed by atoms with Crippen LogP contribution >= 0.6 is 7.05 Å². The van der Waals surface area contributed by atoms with Crippen molar-refractivity contribution in [1.29, 1.82) is 0 Å². The summed E-state index contributed by atoms with van der Waals surface area (Å²) in [6, 6.07) is 40.9. The molecule has 0 aromatic heterocycles. The molecular weight excluding hydrogens is 357 g/mol. The molecule has 4 aromatic rings. The number of aryl methyl sites for hydroxylation is 1. The molecule has 0 amide bonds. The van der Waals surface area contributed by atoms with Gasteiger partial charge in [-0.25, -0.2) is 0 Å². The number of hydrogen-bond donors (Lipinski definition) is 0. The minimum Gasteiger partial charge on any atom is -0.258 e. The summed E-state index contributed by atoms with van der Waals surface area (Å²) in [5, 5.41) is 2.62. The van der Waals surface area contributed by atoms with E-state index in [1.807, 2.05) is 0 Å². The zero-order valence-corrected chi connectivity index (χ0v) is 17.0. The van der Waals surface area contributed by atoms with Gasteiger partial charge in [-0.1, -0.05) is 109 Å². The van der Waals surface area contributed by atoms with Crippen LogP contribution in [0.2, 0.25) is 0 Å². The fourth-order valence-electron chi connectivity index (χ4n) is 3.49. The average molecular weight is 381 g/mol. The molecule has 0 atom stereocenters. The largest absolute Gasteiger partial charge is 0.258 e. The molecule has 0 saturated carbocycles. The van der Waals surface area contributed by atoms with Crippen molar-refractivity contribution >= 4 is 23.4 Å². The smallest absolute Gasteiger partial charge is 0.0621 e. The maximum atomic E-state index is 5.48. The zero-order chi connectivity index (χ0) is 19.2. The highest BCUT2D eigenvalue weighted by Crippen LogP contribution is 2.53. The molecule has 0 aliphatic rings. The molecule has 138 valence electrons. The number of benzene rings is 4. The molecule has 2 heteroatoms. The van der Waals surface area contributed by atoms with Gasteiger partial charge in [-0.3, -0.25) is 4.74 Å². The summed E-state index contributed by atoms with van der Waals surface area (Å²) in [7, 11) is -2.03. The van der Waals surface area contributed by atoms with Gasteiger partial charge in [0.15, 0.2) is 0 Å². The third kappa shape index (κ3) is 4.01. The van der Waals surface area contributed by atoms with Crippen LogP contribution in [0, 0.1) is 6.92 Å². The van der Waals surface area contributed by atoms with E-state index in [9.17, 15) is 0 Å². The highest BCUT2D eigenvalue weighted by Gasteiger charge is 2.25. The SMILES string of the molecule is Cc1ccc(N=P(Cc2ccccc2)(c2ccccc2)c2ccccc2)cc1. The molecular formula is C26H24NP. The van der Waals surface area contributed by atoms with Crippen LogP contribution in [0.5, 0.6) is 0 Å². The van der Waals surface area contributed by atoms with Crippen LogP contribution < -0.4 is 10.6 Å². The lowest BCUT2D eigenvalue weighted by molar-refractivity contribution is 1.37. The second-order valence-corrected chi connectivity index (χ2v) is 10.1. The van der Waals surface area contributed by atoms with Gasteiger partial charge in [0.25, 0.3) is 0 Å². The van der Waals surface area contributed by atoms with Crippen molar-refractivity contribution < 1.29 is 0 Å². The standard InChI is InChI=1S/C26H24NP/c1-22-17-19-24(20-18-22)27-28(25-13-7-3-8-14-25,26-15-9-4-10-16-26)21-23-11-5-2-6-12-23/h2-20H,21H2,1H3. The Morgan fingerprint density at radius 3 is 1.54 bits per heavy atom. The quantitative estimate of drug-likeness (QED) is 0.342. The molecule has 1 nitrogen and oxygen atoms in total. The van der Waals surface area contributed by atoms with Crippen LogP contribution in [0.15, 0.2) is 120 Å². The van der Waals surface area contributed by atoms with Gasteiger partial charge >= 0.3 is 0 Å². The second kappa shape index (κ2) is 8.42. The third-order valence-corrected chi connectivity index (χ3v) is 8.64. The molecule has 0 aliphatic heterocycles. The van der Waals surface area contributed by atoms with Crippen LogP contribution in [0.1, 0.15) is 11.1 Å². The van der Waals surface area contributed by atoms with Gasteiger partial charge in [-0.15, -0.1) is 0 Å². The van der Waals surface area contributed by atoms with Crippen LogP contribution in [-0.4, -0.2) is 0 Å². The first-order valence-corrected chi connectivity index (χ1v) is 11.5. The highest BCUT2D eigenvalue weighted by molar-refractivity contribution is 7.80. The predicted molar refractivity (Wildman–Crippen MR) is 122 cm³/mol. The second-order valence-electron chi connectivity index (χ2n) is 7.02. The third-order valence-electron chi connectivity index (χ3n) is 4.94. The zero-order valence-electron chi connectivity index (χ0n) is 16.1. The minimum atomic E-state index is -2.03. The van der Waals surface area contributed by atoms with Gasteiger partial charge in [0.05, 0.1) is 5.69 Å². The van der Waals surface area contributed by atoms with Crippen LogP contribution in [0.4, 0.5) is 5.69 Å². The van der Waals surface area contributed by atoms with Gasteiger partial charge in [-0.05, 0) is 35.2 Å². The topological polar surface area (TPSA) is 12.4 Å². The van der Waals surface area contributed by atoms with Gasteiger partial charge < -0.3 is 0 Å². The van der Waals surface area contributed by atoms with Crippen LogP contribution in [-0.2, 0) is 6.16 Å². The maximum Gasteiger partial charge on any atom is 0.0621 e. The van der Waals surface area contributed by atoms with Crippen molar-refractivity contribution in [3.8, 4) is 0 Å². The Labute approximate surface area is 167 Å². The monoisotopic (exact) mass is 381 g/mol. The molecule has 0 unspecified atom stereocenters. The Morgan fingerprint density at radius 2 is 1.04 bits per heavy atom. The van der Waals surface area contributed by atoms with Crippen LogP contribution in [0.25, 0.3) is 0 Å². The molecule has 0 heterocycles. The van der Waals surface area contributed by atoms with E-state index in [2.05, 4.69) is 122 Å². The molecule has 0 spiro atoms. The van der Waals surface area contributed by atoms with E-state index in [1.54, 1.807) is 0 Å². The summed E-state index contributed by atoms with van der Waals surface area (Å²) in [5.41, 5.74) is 3.62. The minimum absolute atomic E-state index is 0.912. The molecule has 0 saturated heterocycles. The summed E-state index contributed by atoms with van der Waals surface area (Å²) < 4.78 is 5.48. The lowest BCUT2D eigenvalue weighted by atomic mass is 10.2. The van der Waals surface area contributed by atoms with Gasteiger partial charge in [0.1, 0.15) is 0 Å². The number of hydrogen-bond acceptors (Lipinski definition) is 1. The molecule has 0 radical (unpaired) electrons. The normalized spacial score (nSPS) is 11.2. The molecule has 4 rings (SSSR count). The van der Waals surface area contributed by atoms with Crippen molar-refractivity contribution in [2.75, 3.05) is 0 Å². The predicted octanol–water partition coefficient (Wildman–Crippen LogP) is 6.68. The molecule has 0 aliphatic carbocycles. The summed E-state index contributed by atoms with van der Waals surface area (Å²) in [6.07, 6.45) is 0.912. The Kier molecular flexibility index (Phi) is 5.55. The summed E-state index contributed by atoms with van der Waals surface area (Å²) in [6.45, 7) is 2.12. The Bertz CT molecular complexity index is 1030. The van der Waals surface area contributed by atoms with Crippen molar-refractivity contribution in [3.63, 3.8) is 0 Å². The average Bonchev–Trinajstić information content (AvgIpc) is 2.77. The fraction of sp³-hybridized carbons (Fsp3) is 0.0769. The maximum absolute atomic E-state index is 5.48. The van der Waals surface area contributed by atoms with Gasteiger partial charge in [0, 0.05) is 13.2 Å². The number of nitrogens with zero attached hydrogens (tertiary/aromatic N) is 1. The van der Waals surface area contributed by atoms with Crippen LogP contribution in [0.3, 0.4) is 0 Å². The molecule has 0 N–H and O–H groups in total. The van der Waals surface area contributed by atoms with Gasteiger partial charge in [-0.2, -0.15) is 0 Å². The Morgan fingerprint density at radius 1 is 0.571 bits per heavy atom. The Balaban J connectivity index is 2.00. The van der Waals surface area contributed by atoms with E-state index in [-0.39, 0.29) is 0 Å². The summed E-state index contributed by atoms with van der Waals surface area (Å²) >= 11 is 0. The van der Waals surface area contributed by atoms with Crippen molar-refractivity contribution in [2.45, 2.75) is 13.1 Å². The lowest BCUT2D eigenvalue weighted by Gasteiger charge is -2.26. The van der Waals surface area contributed by atoms with Crippen molar-refractivity contribution in [3.05, 3.63) is 126 Å². The van der Waals surface area contributed by atoms with Crippen molar-refractivity contribution in [2.24, 2.45) is 4.74 Å². The summed E-state index contributed by atoms with van der Waals surface area (Å²) in [5.74, 6) is 0. The first-order chi connectivity index (χ1) is 13.8. The first-order valence-electron chi connectivity index (χ1n) is 9.59. The first kappa shape index (κ1) is 18.5. The molecule has 4 aromatic carbocycles. The number of rotatable bonds is 5. The van der Waals surface area contributed by atoms with E-state index in [0.717, 1.165) is 11.8 Å². The Hall–Kier alpha value is -2.89. The van der Waals surface area contributed by atoms with E-state index in [0.29, 0.717) is 0 Å². The van der Waals surface area contributed by atoms with E-state index in [4.69, 9.17) is 4.74 Å². The molecule has 0 fully saturated rings.